The van der Waals surface area contributed by atoms with E-state index < -0.39 is 0 Å². The lowest BCUT2D eigenvalue weighted by molar-refractivity contribution is 0.276. The van der Waals surface area contributed by atoms with Crippen LogP contribution in [0.3, 0.4) is 0 Å². The molecule has 0 bridgehead atoms. The summed E-state index contributed by atoms with van der Waals surface area (Å²) in [6.07, 6.45) is 3.95. The third-order valence-electron chi connectivity index (χ3n) is 3.41. The van der Waals surface area contributed by atoms with Gasteiger partial charge in [-0.05, 0) is 17.2 Å². The first-order valence-electron chi connectivity index (χ1n) is 7.17. The van der Waals surface area contributed by atoms with Crippen molar-refractivity contribution in [1.82, 2.24) is 15.0 Å². The van der Waals surface area contributed by atoms with Crippen molar-refractivity contribution in [3.8, 4) is 0 Å². The van der Waals surface area contributed by atoms with Crippen molar-refractivity contribution in [1.29, 1.82) is 0 Å². The fourth-order valence-corrected chi connectivity index (χ4v) is 2.26. The number of rotatable bonds is 5. The van der Waals surface area contributed by atoms with Gasteiger partial charge in [-0.2, -0.15) is 0 Å². The Balaban J connectivity index is 1.89. The fourth-order valence-electron chi connectivity index (χ4n) is 2.26. The van der Waals surface area contributed by atoms with Crippen molar-refractivity contribution in [3.63, 3.8) is 0 Å². The molecule has 0 unspecified atom stereocenters. The smallest absolute Gasteiger partial charge is 0.115 e. The molecule has 0 saturated carbocycles. The molecular weight excluding hydrogens is 274 g/mol. The first kappa shape index (κ1) is 14.2. The maximum absolute atomic E-state index is 9.45. The average Bonchev–Trinajstić information content (AvgIpc) is 2.96. The first-order valence-corrected chi connectivity index (χ1v) is 7.17. The molecule has 0 amide bonds. The van der Waals surface area contributed by atoms with Gasteiger partial charge in [0.05, 0.1) is 18.8 Å². The zero-order valence-electron chi connectivity index (χ0n) is 12.1. The number of aromatic nitrogens is 3. The van der Waals surface area contributed by atoms with E-state index in [0.29, 0.717) is 12.2 Å². The third-order valence-corrected chi connectivity index (χ3v) is 3.41. The number of hydrogen-bond acceptors (Lipinski definition) is 3. The number of nitrogens with zero attached hydrogens (tertiary/aromatic N) is 3. The Bertz CT molecular complexity index is 749. The van der Waals surface area contributed by atoms with E-state index in [1.807, 2.05) is 72.8 Å². The molecule has 0 aliphatic rings. The summed E-state index contributed by atoms with van der Waals surface area (Å²) in [5, 5.41) is 17.7. The van der Waals surface area contributed by atoms with Crippen LogP contribution in [0, 0.1) is 0 Å². The zero-order valence-corrected chi connectivity index (χ0v) is 12.1. The number of benzene rings is 2. The second-order valence-corrected chi connectivity index (χ2v) is 4.97. The van der Waals surface area contributed by atoms with E-state index >= 15 is 0 Å². The summed E-state index contributed by atoms with van der Waals surface area (Å²) < 4.78 is 1.81. The molecule has 110 valence electrons. The van der Waals surface area contributed by atoms with Gasteiger partial charge in [0.15, 0.2) is 0 Å². The molecule has 3 rings (SSSR count). The quantitative estimate of drug-likeness (QED) is 0.786. The van der Waals surface area contributed by atoms with Crippen LogP contribution in [-0.2, 0) is 13.2 Å². The van der Waals surface area contributed by atoms with Gasteiger partial charge in [-0.25, -0.2) is 4.68 Å². The van der Waals surface area contributed by atoms with Crippen LogP contribution >= 0.6 is 0 Å². The molecule has 0 atom stereocenters. The van der Waals surface area contributed by atoms with Gasteiger partial charge in [0.2, 0.25) is 0 Å². The predicted molar refractivity (Wildman–Crippen MR) is 86.9 cm³/mol. The molecule has 22 heavy (non-hydrogen) atoms. The molecule has 3 aromatic rings. The van der Waals surface area contributed by atoms with Gasteiger partial charge in [0.25, 0.3) is 0 Å². The Labute approximate surface area is 129 Å². The monoisotopic (exact) mass is 291 g/mol. The van der Waals surface area contributed by atoms with Crippen LogP contribution in [0.4, 0.5) is 0 Å². The minimum Gasteiger partial charge on any atom is -0.390 e. The molecule has 0 aliphatic carbocycles. The number of aliphatic hydroxyl groups is 1. The summed E-state index contributed by atoms with van der Waals surface area (Å²) in [7, 11) is 0. The molecule has 0 saturated heterocycles. The van der Waals surface area contributed by atoms with Crippen molar-refractivity contribution >= 4 is 12.2 Å². The van der Waals surface area contributed by atoms with Crippen LogP contribution in [-0.4, -0.2) is 20.1 Å². The maximum atomic E-state index is 9.45. The average molecular weight is 291 g/mol. The third kappa shape index (κ3) is 3.30. The zero-order chi connectivity index (χ0) is 15.2. The van der Waals surface area contributed by atoms with E-state index in [2.05, 4.69) is 10.3 Å². The summed E-state index contributed by atoms with van der Waals surface area (Å²) >= 11 is 0. The number of aliphatic hydroxyl groups excluding tert-OH is 1. The highest BCUT2D eigenvalue weighted by atomic mass is 16.3. The van der Waals surface area contributed by atoms with Gasteiger partial charge in [0.1, 0.15) is 5.69 Å². The van der Waals surface area contributed by atoms with Crippen molar-refractivity contribution in [2.75, 3.05) is 0 Å². The lowest BCUT2D eigenvalue weighted by atomic mass is 10.2. The van der Waals surface area contributed by atoms with Gasteiger partial charge in [-0.1, -0.05) is 72.0 Å². The highest BCUT2D eigenvalue weighted by Gasteiger charge is 2.09. The van der Waals surface area contributed by atoms with E-state index in [1.54, 1.807) is 4.68 Å². The van der Waals surface area contributed by atoms with Crippen molar-refractivity contribution in [2.24, 2.45) is 0 Å². The Morgan fingerprint density at radius 2 is 1.59 bits per heavy atom. The molecule has 4 nitrogen and oxygen atoms in total. The second-order valence-electron chi connectivity index (χ2n) is 4.97. The molecule has 0 radical (unpaired) electrons. The Hall–Kier alpha value is -2.72. The molecule has 0 aliphatic heterocycles. The van der Waals surface area contributed by atoms with Gasteiger partial charge in [-0.15, -0.1) is 5.10 Å². The highest BCUT2D eigenvalue weighted by molar-refractivity contribution is 5.68. The number of hydrogen-bond donors (Lipinski definition) is 1. The molecule has 0 spiro atoms. The summed E-state index contributed by atoms with van der Waals surface area (Å²) in [4.78, 5) is 0. The minimum atomic E-state index is -0.122. The van der Waals surface area contributed by atoms with Gasteiger partial charge in [-0.3, -0.25) is 0 Å². The van der Waals surface area contributed by atoms with Crippen LogP contribution in [0.15, 0.2) is 60.7 Å². The second kappa shape index (κ2) is 6.83. The lowest BCUT2D eigenvalue weighted by Gasteiger charge is -2.04. The fraction of sp³-hybridized carbons (Fsp3) is 0.111. The van der Waals surface area contributed by atoms with E-state index in [9.17, 15) is 5.11 Å². The van der Waals surface area contributed by atoms with E-state index in [4.69, 9.17) is 0 Å². The SMILES string of the molecule is OCc1nnn(Cc2ccccc2)c1/C=C/c1ccccc1. The van der Waals surface area contributed by atoms with E-state index in [0.717, 1.165) is 16.8 Å². The summed E-state index contributed by atoms with van der Waals surface area (Å²) in [6.45, 7) is 0.506. The van der Waals surface area contributed by atoms with Crippen LogP contribution < -0.4 is 0 Å². The normalized spacial score (nSPS) is 11.1. The summed E-state index contributed by atoms with van der Waals surface area (Å²) in [6, 6.07) is 20.1. The van der Waals surface area contributed by atoms with Crippen molar-refractivity contribution < 1.29 is 5.11 Å². The van der Waals surface area contributed by atoms with Crippen molar-refractivity contribution in [2.45, 2.75) is 13.2 Å². The molecule has 1 aromatic heterocycles. The lowest BCUT2D eigenvalue weighted by Crippen LogP contribution is -2.04. The molecule has 1 heterocycles. The Kier molecular flexibility index (Phi) is 4.41. The Morgan fingerprint density at radius 1 is 0.909 bits per heavy atom. The molecule has 0 fully saturated rings. The maximum Gasteiger partial charge on any atom is 0.115 e. The molecule has 4 heteroatoms. The van der Waals surface area contributed by atoms with Gasteiger partial charge >= 0.3 is 0 Å². The van der Waals surface area contributed by atoms with E-state index in [1.165, 1.54) is 0 Å². The predicted octanol–water partition coefficient (Wildman–Crippen LogP) is 2.99. The standard InChI is InChI=1S/C18H17N3O/c22-14-17-18(12-11-15-7-3-1-4-8-15)21(20-19-17)13-16-9-5-2-6-10-16/h1-12,22H,13-14H2/b12-11+. The summed E-state index contributed by atoms with van der Waals surface area (Å²) in [5.41, 5.74) is 3.66. The van der Waals surface area contributed by atoms with Crippen LogP contribution in [0.25, 0.3) is 12.2 Å². The molecule has 2 aromatic carbocycles. The molecule has 1 N–H and O–H groups in total. The first-order chi connectivity index (χ1) is 10.9. The largest absolute Gasteiger partial charge is 0.390 e. The van der Waals surface area contributed by atoms with Crippen molar-refractivity contribution in [3.05, 3.63) is 83.2 Å². The highest BCUT2D eigenvalue weighted by Crippen LogP contribution is 2.13. The minimum absolute atomic E-state index is 0.122. The van der Waals surface area contributed by atoms with Gasteiger partial charge < -0.3 is 5.11 Å². The van der Waals surface area contributed by atoms with Crippen LogP contribution in [0.2, 0.25) is 0 Å². The Morgan fingerprint density at radius 3 is 2.27 bits per heavy atom. The van der Waals surface area contributed by atoms with Crippen LogP contribution in [0.1, 0.15) is 22.5 Å². The summed E-state index contributed by atoms with van der Waals surface area (Å²) in [5.74, 6) is 0. The van der Waals surface area contributed by atoms with Gasteiger partial charge in [0, 0.05) is 0 Å². The van der Waals surface area contributed by atoms with Crippen LogP contribution in [0.5, 0.6) is 0 Å². The topological polar surface area (TPSA) is 50.9 Å². The molecular formula is C18H17N3O. The van der Waals surface area contributed by atoms with E-state index in [-0.39, 0.29) is 6.61 Å².